The molecule has 0 unspecified atom stereocenters. The number of benzene rings is 1. The molecule has 0 aliphatic heterocycles. The summed E-state index contributed by atoms with van der Waals surface area (Å²) in [5.41, 5.74) is -0.394. The Balaban J connectivity index is 2.73. The molecule has 0 aromatic heterocycles. The van der Waals surface area contributed by atoms with Gasteiger partial charge in [-0.25, -0.2) is 9.59 Å². The number of nitrogens with zero attached hydrogens (tertiary/aromatic N) is 1. The standard InChI is InChI=1S/C14H16BrN3O6/c1-7(2)16-14(21)17-12(19)8(3)24-13(20)9-4-5-10(15)11(6-9)18(22)23/h4-8H,1-3H3,(H2,16,17,19,21)/t8-/m0/s1. The topological polar surface area (TPSA) is 128 Å². The van der Waals surface area contributed by atoms with Crippen molar-refractivity contribution < 1.29 is 24.0 Å². The Labute approximate surface area is 146 Å². The molecule has 1 aromatic carbocycles. The summed E-state index contributed by atoms with van der Waals surface area (Å²) in [4.78, 5) is 45.3. The number of ether oxygens (including phenoxy) is 1. The molecule has 1 aromatic rings. The smallest absolute Gasteiger partial charge is 0.339 e. The van der Waals surface area contributed by atoms with E-state index in [-0.39, 0.29) is 21.8 Å². The first-order chi connectivity index (χ1) is 11.1. The fraction of sp³-hybridized carbons (Fsp3) is 0.357. The van der Waals surface area contributed by atoms with E-state index in [9.17, 15) is 24.5 Å². The summed E-state index contributed by atoms with van der Waals surface area (Å²) in [5, 5.41) is 15.3. The Morgan fingerprint density at radius 3 is 2.42 bits per heavy atom. The van der Waals surface area contributed by atoms with Crippen molar-refractivity contribution in [2.75, 3.05) is 0 Å². The first kappa shape index (κ1) is 19.6. The lowest BCUT2D eigenvalue weighted by molar-refractivity contribution is -0.385. The number of carbonyl (C=O) groups is 3. The van der Waals surface area contributed by atoms with Crippen LogP contribution >= 0.6 is 15.9 Å². The van der Waals surface area contributed by atoms with E-state index >= 15 is 0 Å². The largest absolute Gasteiger partial charge is 0.449 e. The quantitative estimate of drug-likeness (QED) is 0.441. The first-order valence-corrected chi connectivity index (χ1v) is 7.67. The van der Waals surface area contributed by atoms with Gasteiger partial charge in [0.15, 0.2) is 6.10 Å². The SMILES string of the molecule is CC(C)NC(=O)NC(=O)[C@H](C)OC(=O)c1ccc(Br)c([N+](=O)[O-])c1. The summed E-state index contributed by atoms with van der Waals surface area (Å²) in [6.45, 7) is 4.71. The van der Waals surface area contributed by atoms with Crippen LogP contribution in [0.15, 0.2) is 22.7 Å². The molecule has 9 nitrogen and oxygen atoms in total. The van der Waals surface area contributed by atoms with Gasteiger partial charge >= 0.3 is 12.0 Å². The molecule has 0 bridgehead atoms. The molecule has 0 aliphatic carbocycles. The van der Waals surface area contributed by atoms with E-state index in [1.807, 2.05) is 5.32 Å². The second kappa shape index (κ2) is 8.39. The van der Waals surface area contributed by atoms with E-state index < -0.39 is 28.9 Å². The Bertz CT molecular complexity index is 676. The predicted octanol–water partition coefficient (Wildman–Crippen LogP) is 2.14. The van der Waals surface area contributed by atoms with Crippen molar-refractivity contribution in [2.45, 2.75) is 32.9 Å². The number of esters is 1. The minimum Gasteiger partial charge on any atom is -0.449 e. The summed E-state index contributed by atoms with van der Waals surface area (Å²) < 4.78 is 5.12. The van der Waals surface area contributed by atoms with Crippen LogP contribution in [0.5, 0.6) is 0 Å². The minimum atomic E-state index is -1.25. The summed E-state index contributed by atoms with van der Waals surface area (Å²) >= 11 is 3.00. The van der Waals surface area contributed by atoms with Crippen molar-refractivity contribution in [1.82, 2.24) is 10.6 Å². The Kier molecular flexibility index (Phi) is 6.83. The van der Waals surface area contributed by atoms with Gasteiger partial charge in [0.05, 0.1) is 15.0 Å². The van der Waals surface area contributed by atoms with Crippen molar-refractivity contribution in [1.29, 1.82) is 0 Å². The minimum absolute atomic E-state index is 0.0869. The molecule has 0 aliphatic rings. The molecule has 10 heteroatoms. The van der Waals surface area contributed by atoms with E-state index in [1.54, 1.807) is 13.8 Å². The van der Waals surface area contributed by atoms with Crippen molar-refractivity contribution in [2.24, 2.45) is 0 Å². The van der Waals surface area contributed by atoms with Gasteiger partial charge in [0, 0.05) is 12.1 Å². The molecule has 1 atom stereocenters. The van der Waals surface area contributed by atoms with Crippen LogP contribution in [0.3, 0.4) is 0 Å². The van der Waals surface area contributed by atoms with Gasteiger partial charge < -0.3 is 10.1 Å². The third kappa shape index (κ3) is 5.61. The zero-order valence-corrected chi connectivity index (χ0v) is 14.7. The average molecular weight is 402 g/mol. The average Bonchev–Trinajstić information content (AvgIpc) is 2.45. The van der Waals surface area contributed by atoms with Crippen molar-refractivity contribution in [3.8, 4) is 0 Å². The van der Waals surface area contributed by atoms with E-state index in [4.69, 9.17) is 4.74 Å². The highest BCUT2D eigenvalue weighted by Gasteiger charge is 2.23. The predicted molar refractivity (Wildman–Crippen MR) is 87.5 cm³/mol. The number of nitro benzene ring substituents is 1. The number of hydrogen-bond donors (Lipinski definition) is 2. The monoisotopic (exact) mass is 401 g/mol. The summed E-state index contributed by atoms with van der Waals surface area (Å²) in [5.74, 6) is -1.73. The Morgan fingerprint density at radius 2 is 1.88 bits per heavy atom. The van der Waals surface area contributed by atoms with E-state index in [0.29, 0.717) is 0 Å². The summed E-state index contributed by atoms with van der Waals surface area (Å²) in [7, 11) is 0. The zero-order valence-electron chi connectivity index (χ0n) is 13.2. The number of imide groups is 1. The van der Waals surface area contributed by atoms with Crippen LogP contribution < -0.4 is 10.6 Å². The number of amides is 3. The van der Waals surface area contributed by atoms with E-state index in [1.165, 1.54) is 19.1 Å². The normalized spacial score (nSPS) is 11.5. The molecular weight excluding hydrogens is 386 g/mol. The molecule has 3 amide bonds. The van der Waals surface area contributed by atoms with Crippen molar-refractivity contribution in [3.63, 3.8) is 0 Å². The molecule has 0 heterocycles. The van der Waals surface area contributed by atoms with Crippen LogP contribution in [0.4, 0.5) is 10.5 Å². The molecule has 130 valence electrons. The third-order valence-electron chi connectivity index (χ3n) is 2.69. The van der Waals surface area contributed by atoms with Crippen molar-refractivity contribution >= 4 is 39.5 Å². The van der Waals surface area contributed by atoms with Crippen LogP contribution in [0, 0.1) is 10.1 Å². The number of nitrogens with one attached hydrogen (secondary N) is 2. The van der Waals surface area contributed by atoms with Crippen LogP contribution in [0.25, 0.3) is 0 Å². The Morgan fingerprint density at radius 1 is 1.25 bits per heavy atom. The maximum Gasteiger partial charge on any atom is 0.339 e. The highest BCUT2D eigenvalue weighted by molar-refractivity contribution is 9.10. The maximum absolute atomic E-state index is 12.0. The first-order valence-electron chi connectivity index (χ1n) is 6.88. The van der Waals surface area contributed by atoms with Crippen LogP contribution in [0.1, 0.15) is 31.1 Å². The molecule has 0 saturated carbocycles. The number of nitro groups is 1. The number of carbonyl (C=O) groups excluding carboxylic acids is 3. The number of hydrogen-bond acceptors (Lipinski definition) is 6. The summed E-state index contributed by atoms with van der Waals surface area (Å²) in [6.07, 6.45) is -1.25. The van der Waals surface area contributed by atoms with Gasteiger partial charge in [-0.05, 0) is 48.8 Å². The molecule has 1 rings (SSSR count). The van der Waals surface area contributed by atoms with Gasteiger partial charge in [-0.2, -0.15) is 0 Å². The molecule has 2 N–H and O–H groups in total. The fourth-order valence-corrected chi connectivity index (χ4v) is 1.96. The lowest BCUT2D eigenvalue weighted by Gasteiger charge is -2.14. The van der Waals surface area contributed by atoms with E-state index in [2.05, 4.69) is 21.2 Å². The van der Waals surface area contributed by atoms with E-state index in [0.717, 1.165) is 6.07 Å². The number of rotatable bonds is 5. The van der Waals surface area contributed by atoms with Gasteiger partial charge in [0.25, 0.3) is 11.6 Å². The third-order valence-corrected chi connectivity index (χ3v) is 3.36. The molecule has 24 heavy (non-hydrogen) atoms. The van der Waals surface area contributed by atoms with Gasteiger partial charge in [-0.3, -0.25) is 20.2 Å². The van der Waals surface area contributed by atoms with Crippen LogP contribution in [-0.4, -0.2) is 35.0 Å². The second-order valence-electron chi connectivity index (χ2n) is 5.09. The van der Waals surface area contributed by atoms with Crippen molar-refractivity contribution in [3.05, 3.63) is 38.3 Å². The van der Waals surface area contributed by atoms with Gasteiger partial charge in [0.2, 0.25) is 0 Å². The van der Waals surface area contributed by atoms with Gasteiger partial charge in [-0.15, -0.1) is 0 Å². The van der Waals surface area contributed by atoms with Crippen LogP contribution in [0.2, 0.25) is 0 Å². The molecule has 0 radical (unpaired) electrons. The molecular formula is C14H16BrN3O6. The maximum atomic E-state index is 12.0. The fourth-order valence-electron chi connectivity index (χ4n) is 1.57. The summed E-state index contributed by atoms with van der Waals surface area (Å²) in [6, 6.07) is 2.80. The molecule has 0 fully saturated rings. The van der Waals surface area contributed by atoms with Crippen LogP contribution in [-0.2, 0) is 9.53 Å². The lowest BCUT2D eigenvalue weighted by Crippen LogP contribution is -2.46. The van der Waals surface area contributed by atoms with Gasteiger partial charge in [-0.1, -0.05) is 0 Å². The molecule has 0 saturated heterocycles. The van der Waals surface area contributed by atoms with Gasteiger partial charge in [0.1, 0.15) is 0 Å². The second-order valence-corrected chi connectivity index (χ2v) is 5.94. The zero-order chi connectivity index (χ0) is 18.4. The number of urea groups is 1. The number of halogens is 1. The highest BCUT2D eigenvalue weighted by atomic mass is 79.9. The lowest BCUT2D eigenvalue weighted by atomic mass is 10.2. The molecule has 0 spiro atoms. The Hall–Kier alpha value is -2.49. The highest BCUT2D eigenvalue weighted by Crippen LogP contribution is 2.26.